The number of rotatable bonds is 6. The Labute approximate surface area is 199 Å². The van der Waals surface area contributed by atoms with Crippen LogP contribution in [0.4, 0.5) is 5.69 Å². The maximum absolute atomic E-state index is 5.65. The highest BCUT2D eigenvalue weighted by molar-refractivity contribution is 9.11. The van der Waals surface area contributed by atoms with E-state index in [1.165, 1.54) is 0 Å². The molecule has 0 radical (unpaired) electrons. The third-order valence-electron chi connectivity index (χ3n) is 5.18. The van der Waals surface area contributed by atoms with E-state index in [9.17, 15) is 0 Å². The van der Waals surface area contributed by atoms with Crippen LogP contribution in [0.25, 0.3) is 6.08 Å². The molecule has 1 atom stereocenters. The topological polar surface area (TPSA) is 34.1 Å². The van der Waals surface area contributed by atoms with Crippen molar-refractivity contribution in [3.05, 3.63) is 92.9 Å². The number of hydrazone groups is 1. The average molecular weight is 542 g/mol. The second-order valence-electron chi connectivity index (χ2n) is 7.07. The lowest BCUT2D eigenvalue weighted by Crippen LogP contribution is -2.19. The van der Waals surface area contributed by atoms with Gasteiger partial charge in [0, 0.05) is 26.5 Å². The van der Waals surface area contributed by atoms with E-state index in [2.05, 4.69) is 61.2 Å². The van der Waals surface area contributed by atoms with E-state index in [1.807, 2.05) is 54.6 Å². The van der Waals surface area contributed by atoms with Gasteiger partial charge in [-0.15, -0.1) is 0 Å². The molecule has 158 valence electrons. The second kappa shape index (κ2) is 9.71. The first-order chi connectivity index (χ1) is 15.1. The van der Waals surface area contributed by atoms with Gasteiger partial charge in [-0.25, -0.2) is 0 Å². The summed E-state index contributed by atoms with van der Waals surface area (Å²) in [4.78, 5) is 0. The van der Waals surface area contributed by atoms with Gasteiger partial charge in [-0.05, 0) is 58.4 Å². The van der Waals surface area contributed by atoms with Crippen LogP contribution in [0.1, 0.15) is 23.6 Å². The van der Waals surface area contributed by atoms with Gasteiger partial charge in [-0.3, -0.25) is 5.01 Å². The summed E-state index contributed by atoms with van der Waals surface area (Å²) in [5.74, 6) is 1.70. The van der Waals surface area contributed by atoms with Crippen LogP contribution in [-0.2, 0) is 0 Å². The molecular formula is C25H22Br2N2O2. The summed E-state index contributed by atoms with van der Waals surface area (Å²) in [6.45, 7) is 0. The fourth-order valence-electron chi connectivity index (χ4n) is 3.70. The van der Waals surface area contributed by atoms with Crippen LogP contribution < -0.4 is 14.5 Å². The molecule has 0 amide bonds. The van der Waals surface area contributed by atoms with Gasteiger partial charge in [-0.1, -0.05) is 52.3 Å². The quantitative estimate of drug-likeness (QED) is 0.329. The Morgan fingerprint density at radius 2 is 1.61 bits per heavy atom. The molecule has 1 aliphatic heterocycles. The fourth-order valence-corrected chi connectivity index (χ4v) is 4.93. The van der Waals surface area contributed by atoms with Crippen LogP contribution >= 0.6 is 31.9 Å². The summed E-state index contributed by atoms with van der Waals surface area (Å²) < 4.78 is 13.1. The Hall–Kier alpha value is -2.57. The number of anilines is 1. The maximum Gasteiger partial charge on any atom is 0.126 e. The predicted molar refractivity (Wildman–Crippen MR) is 134 cm³/mol. The molecule has 0 aliphatic carbocycles. The van der Waals surface area contributed by atoms with Crippen molar-refractivity contribution in [2.45, 2.75) is 12.5 Å². The third-order valence-corrected chi connectivity index (χ3v) is 6.31. The lowest BCUT2D eigenvalue weighted by atomic mass is 9.99. The Morgan fingerprint density at radius 3 is 2.35 bits per heavy atom. The van der Waals surface area contributed by atoms with E-state index in [1.54, 1.807) is 14.2 Å². The molecule has 31 heavy (non-hydrogen) atoms. The first kappa shape index (κ1) is 21.7. The minimum atomic E-state index is 0.0194. The SMILES string of the molecule is COc1ccccc1/C=C/C1=NN(c2ccc(Br)cc2Br)[C@@H](c2ccccc2OC)C1. The Bertz CT molecular complexity index is 1140. The summed E-state index contributed by atoms with van der Waals surface area (Å²) in [5.41, 5.74) is 4.10. The molecule has 1 heterocycles. The molecule has 0 saturated carbocycles. The average Bonchev–Trinajstić information content (AvgIpc) is 3.21. The predicted octanol–water partition coefficient (Wildman–Crippen LogP) is 7.25. The largest absolute Gasteiger partial charge is 0.496 e. The van der Waals surface area contributed by atoms with Crippen molar-refractivity contribution >= 4 is 49.3 Å². The van der Waals surface area contributed by atoms with Crippen LogP contribution in [0.5, 0.6) is 11.5 Å². The van der Waals surface area contributed by atoms with Crippen molar-refractivity contribution in [1.29, 1.82) is 0 Å². The van der Waals surface area contributed by atoms with Gasteiger partial charge in [-0.2, -0.15) is 5.10 Å². The number of ether oxygens (including phenoxy) is 2. The zero-order valence-electron chi connectivity index (χ0n) is 17.3. The summed E-state index contributed by atoms with van der Waals surface area (Å²) >= 11 is 7.24. The Balaban J connectivity index is 1.73. The van der Waals surface area contributed by atoms with Crippen molar-refractivity contribution in [1.82, 2.24) is 0 Å². The molecule has 0 saturated heterocycles. The van der Waals surface area contributed by atoms with Gasteiger partial charge >= 0.3 is 0 Å². The van der Waals surface area contributed by atoms with Crippen molar-refractivity contribution in [3.63, 3.8) is 0 Å². The first-order valence-corrected chi connectivity index (χ1v) is 11.4. The van der Waals surface area contributed by atoms with Crippen LogP contribution in [0.3, 0.4) is 0 Å². The number of para-hydroxylation sites is 2. The van der Waals surface area contributed by atoms with Crippen LogP contribution in [0.15, 0.2) is 86.9 Å². The van der Waals surface area contributed by atoms with Gasteiger partial charge in [0.1, 0.15) is 11.5 Å². The van der Waals surface area contributed by atoms with Gasteiger partial charge in [0.2, 0.25) is 0 Å². The summed E-state index contributed by atoms with van der Waals surface area (Å²) in [5, 5.41) is 7.04. The molecule has 6 heteroatoms. The van der Waals surface area contributed by atoms with Crippen molar-refractivity contribution < 1.29 is 9.47 Å². The molecule has 0 N–H and O–H groups in total. The molecular weight excluding hydrogens is 520 g/mol. The smallest absolute Gasteiger partial charge is 0.126 e. The molecule has 3 aromatic rings. The molecule has 0 unspecified atom stereocenters. The number of allylic oxidation sites excluding steroid dienone is 1. The van der Waals surface area contributed by atoms with Crippen molar-refractivity contribution in [3.8, 4) is 11.5 Å². The highest BCUT2D eigenvalue weighted by Gasteiger charge is 2.31. The van der Waals surface area contributed by atoms with Crippen molar-refractivity contribution in [2.75, 3.05) is 19.2 Å². The Morgan fingerprint density at radius 1 is 0.903 bits per heavy atom. The number of halogens is 2. The van der Waals surface area contributed by atoms with Gasteiger partial charge in [0.05, 0.1) is 31.7 Å². The van der Waals surface area contributed by atoms with Gasteiger partial charge in [0.25, 0.3) is 0 Å². The lowest BCUT2D eigenvalue weighted by molar-refractivity contribution is 0.405. The zero-order valence-corrected chi connectivity index (χ0v) is 20.4. The molecule has 0 spiro atoms. The third kappa shape index (κ3) is 4.70. The molecule has 3 aromatic carbocycles. The molecule has 1 aliphatic rings. The number of benzene rings is 3. The normalized spacial score (nSPS) is 15.9. The molecule has 4 nitrogen and oxygen atoms in total. The summed E-state index contributed by atoms with van der Waals surface area (Å²) in [6.07, 6.45) is 4.87. The van der Waals surface area contributed by atoms with E-state index in [-0.39, 0.29) is 6.04 Å². The molecule has 4 rings (SSSR count). The van der Waals surface area contributed by atoms with E-state index in [0.29, 0.717) is 0 Å². The summed E-state index contributed by atoms with van der Waals surface area (Å²) in [6, 6.07) is 22.2. The number of nitrogens with zero attached hydrogens (tertiary/aromatic N) is 2. The van der Waals surface area contributed by atoms with Crippen LogP contribution in [-0.4, -0.2) is 19.9 Å². The number of hydrogen-bond donors (Lipinski definition) is 0. The van der Waals surface area contributed by atoms with E-state index >= 15 is 0 Å². The maximum atomic E-state index is 5.65. The standard InChI is InChI=1S/C25H22Br2N2O2/c1-30-24-9-5-3-7-17(24)11-13-19-16-23(20-8-4-6-10-25(20)31-2)29(28-19)22-14-12-18(26)15-21(22)27/h3-15,23H,16H2,1-2H3/b13-11+/t23-/m1/s1. The Kier molecular flexibility index (Phi) is 6.78. The minimum absolute atomic E-state index is 0.0194. The first-order valence-electron chi connectivity index (χ1n) is 9.86. The van der Waals surface area contributed by atoms with Crippen LogP contribution in [0.2, 0.25) is 0 Å². The minimum Gasteiger partial charge on any atom is -0.496 e. The fraction of sp³-hybridized carbons (Fsp3) is 0.160. The van der Waals surface area contributed by atoms with E-state index in [4.69, 9.17) is 14.6 Å². The van der Waals surface area contributed by atoms with Crippen LogP contribution in [0, 0.1) is 0 Å². The lowest BCUT2D eigenvalue weighted by Gasteiger charge is -2.26. The second-order valence-corrected chi connectivity index (χ2v) is 8.84. The number of methoxy groups -OCH3 is 2. The molecule has 0 fully saturated rings. The van der Waals surface area contributed by atoms with Gasteiger partial charge in [0.15, 0.2) is 0 Å². The van der Waals surface area contributed by atoms with Crippen molar-refractivity contribution in [2.24, 2.45) is 5.10 Å². The van der Waals surface area contributed by atoms with Gasteiger partial charge < -0.3 is 9.47 Å². The number of hydrogen-bond acceptors (Lipinski definition) is 4. The highest BCUT2D eigenvalue weighted by atomic mass is 79.9. The van der Waals surface area contributed by atoms with E-state index in [0.717, 1.165) is 49.4 Å². The molecule has 0 bridgehead atoms. The monoisotopic (exact) mass is 540 g/mol. The molecule has 0 aromatic heterocycles. The summed E-state index contributed by atoms with van der Waals surface area (Å²) in [7, 11) is 3.39. The zero-order chi connectivity index (χ0) is 21.8. The van der Waals surface area contributed by atoms with E-state index < -0.39 is 0 Å². The highest BCUT2D eigenvalue weighted by Crippen LogP contribution is 2.42.